The largest absolute Gasteiger partial charge is 0.453 e. The van der Waals surface area contributed by atoms with Crippen molar-refractivity contribution >= 4 is 5.97 Å². The Bertz CT molecular complexity index is 316. The Labute approximate surface area is 113 Å². The van der Waals surface area contributed by atoms with Crippen molar-refractivity contribution < 1.29 is 22.7 Å². The fourth-order valence-corrected chi connectivity index (χ4v) is 1.98. The van der Waals surface area contributed by atoms with E-state index in [1.807, 2.05) is 34.6 Å². The summed E-state index contributed by atoms with van der Waals surface area (Å²) in [7, 11) is 0. The van der Waals surface area contributed by atoms with E-state index >= 15 is 0 Å². The maximum atomic E-state index is 12.5. The van der Waals surface area contributed by atoms with Gasteiger partial charge in [-0.2, -0.15) is 13.2 Å². The monoisotopic (exact) mass is 282 g/mol. The second kappa shape index (κ2) is 5.71. The first kappa shape index (κ1) is 18.3. The Morgan fingerprint density at radius 2 is 1.47 bits per heavy atom. The van der Waals surface area contributed by atoms with Crippen LogP contribution in [0, 0.1) is 16.7 Å². The van der Waals surface area contributed by atoms with Gasteiger partial charge in [0, 0.05) is 0 Å². The highest BCUT2D eigenvalue weighted by molar-refractivity contribution is 5.77. The second-order valence-electron chi connectivity index (χ2n) is 6.90. The van der Waals surface area contributed by atoms with Gasteiger partial charge in [0.05, 0.1) is 5.41 Å². The van der Waals surface area contributed by atoms with Gasteiger partial charge >= 0.3 is 12.1 Å². The van der Waals surface area contributed by atoms with E-state index in [0.717, 1.165) is 6.92 Å². The summed E-state index contributed by atoms with van der Waals surface area (Å²) in [6, 6.07) is 0. The fourth-order valence-electron chi connectivity index (χ4n) is 1.98. The van der Waals surface area contributed by atoms with Crippen LogP contribution in [-0.4, -0.2) is 18.2 Å². The lowest BCUT2D eigenvalue weighted by molar-refractivity contribution is -0.223. The highest BCUT2D eigenvalue weighted by atomic mass is 19.4. The fraction of sp³-hybridized carbons (Fsp3) is 0.929. The van der Waals surface area contributed by atoms with Crippen LogP contribution in [0.3, 0.4) is 0 Å². The molecule has 0 aromatic carbocycles. The number of ether oxygens (including phenoxy) is 1. The molecular weight excluding hydrogens is 257 g/mol. The predicted molar refractivity (Wildman–Crippen MR) is 68.6 cm³/mol. The second-order valence-corrected chi connectivity index (χ2v) is 6.90. The topological polar surface area (TPSA) is 26.3 Å². The summed E-state index contributed by atoms with van der Waals surface area (Å²) < 4.78 is 42.0. The van der Waals surface area contributed by atoms with E-state index < -0.39 is 23.7 Å². The molecule has 2 nitrogen and oxygen atoms in total. The minimum Gasteiger partial charge on any atom is -0.453 e. The van der Waals surface area contributed by atoms with Gasteiger partial charge in [-0.1, -0.05) is 34.6 Å². The lowest BCUT2D eigenvalue weighted by Gasteiger charge is -2.37. The van der Waals surface area contributed by atoms with Crippen LogP contribution in [0.25, 0.3) is 0 Å². The predicted octanol–water partition coefficient (Wildman–Crippen LogP) is 4.58. The molecule has 0 rings (SSSR count). The molecule has 19 heavy (non-hydrogen) atoms. The van der Waals surface area contributed by atoms with E-state index in [0.29, 0.717) is 6.42 Å². The zero-order chi connectivity index (χ0) is 15.6. The van der Waals surface area contributed by atoms with Crippen LogP contribution in [-0.2, 0) is 9.53 Å². The first-order chi connectivity index (χ1) is 8.20. The molecule has 2 unspecified atom stereocenters. The van der Waals surface area contributed by atoms with Gasteiger partial charge in [-0.3, -0.25) is 4.79 Å². The Balaban J connectivity index is 5.06. The zero-order valence-corrected chi connectivity index (χ0v) is 12.8. The third-order valence-corrected chi connectivity index (χ3v) is 3.38. The molecule has 0 aliphatic heterocycles. The van der Waals surface area contributed by atoms with Crippen molar-refractivity contribution in [2.24, 2.45) is 16.7 Å². The smallest absolute Gasteiger partial charge is 0.425 e. The van der Waals surface area contributed by atoms with E-state index in [1.54, 1.807) is 6.92 Å². The molecule has 0 saturated carbocycles. The molecule has 0 aromatic heterocycles. The van der Waals surface area contributed by atoms with Crippen molar-refractivity contribution in [2.45, 2.75) is 67.2 Å². The molecule has 0 spiro atoms. The van der Waals surface area contributed by atoms with Crippen LogP contribution in [0.5, 0.6) is 0 Å². The number of carbonyl (C=O) groups is 1. The molecule has 2 atom stereocenters. The number of hydrogen-bond acceptors (Lipinski definition) is 2. The van der Waals surface area contributed by atoms with Crippen LogP contribution in [0.2, 0.25) is 0 Å². The highest BCUT2D eigenvalue weighted by Gasteiger charge is 2.46. The van der Waals surface area contributed by atoms with Gasteiger partial charge in [0.1, 0.15) is 0 Å². The molecule has 114 valence electrons. The maximum Gasteiger partial charge on any atom is 0.425 e. The molecule has 0 amide bonds. The molecule has 0 radical (unpaired) electrons. The first-order valence-electron chi connectivity index (χ1n) is 6.48. The molecule has 0 heterocycles. The molecule has 0 aliphatic carbocycles. The minimum absolute atomic E-state index is 0.0975. The average Bonchev–Trinajstić information content (AvgIpc) is 2.12. The quantitative estimate of drug-likeness (QED) is 0.705. The standard InChI is InChI=1S/C14H25F3O2/c1-9(2)13(7,8-12(4,5)6)11(18)19-10(3)14(15,16)17/h9-10H,8H2,1-7H3. The Morgan fingerprint density at radius 1 is 1.05 bits per heavy atom. The summed E-state index contributed by atoms with van der Waals surface area (Å²) in [4.78, 5) is 12.1. The molecule has 0 saturated heterocycles. The molecule has 0 N–H and O–H groups in total. The van der Waals surface area contributed by atoms with Crippen molar-refractivity contribution in [3.8, 4) is 0 Å². The van der Waals surface area contributed by atoms with Crippen molar-refractivity contribution in [1.82, 2.24) is 0 Å². The van der Waals surface area contributed by atoms with Crippen molar-refractivity contribution in [3.05, 3.63) is 0 Å². The van der Waals surface area contributed by atoms with Gasteiger partial charge < -0.3 is 4.74 Å². The number of hydrogen-bond donors (Lipinski definition) is 0. The molecule has 5 heteroatoms. The van der Waals surface area contributed by atoms with E-state index in [-0.39, 0.29) is 11.3 Å². The highest BCUT2D eigenvalue weighted by Crippen LogP contribution is 2.41. The summed E-state index contributed by atoms with van der Waals surface area (Å²) >= 11 is 0. The number of halogens is 3. The summed E-state index contributed by atoms with van der Waals surface area (Å²) in [5.41, 5.74) is -1.09. The first-order valence-corrected chi connectivity index (χ1v) is 6.48. The van der Waals surface area contributed by atoms with Crippen LogP contribution in [0.4, 0.5) is 13.2 Å². The van der Waals surface area contributed by atoms with Gasteiger partial charge in [0.15, 0.2) is 6.10 Å². The summed E-state index contributed by atoms with van der Waals surface area (Å²) in [5, 5.41) is 0. The third kappa shape index (κ3) is 5.41. The lowest BCUT2D eigenvalue weighted by Crippen LogP contribution is -2.42. The lowest BCUT2D eigenvalue weighted by atomic mass is 9.69. The van der Waals surface area contributed by atoms with E-state index in [2.05, 4.69) is 4.74 Å². The number of esters is 1. The molecule has 0 aliphatic rings. The minimum atomic E-state index is -4.52. The van der Waals surface area contributed by atoms with E-state index in [1.165, 1.54) is 0 Å². The van der Waals surface area contributed by atoms with Crippen LogP contribution < -0.4 is 0 Å². The average molecular weight is 282 g/mol. The number of rotatable bonds is 4. The van der Waals surface area contributed by atoms with Crippen LogP contribution in [0.1, 0.15) is 54.9 Å². The van der Waals surface area contributed by atoms with Crippen molar-refractivity contribution in [1.29, 1.82) is 0 Å². The van der Waals surface area contributed by atoms with Crippen LogP contribution in [0.15, 0.2) is 0 Å². The maximum absolute atomic E-state index is 12.5. The summed E-state index contributed by atoms with van der Waals surface area (Å²) in [6.45, 7) is 12.0. The van der Waals surface area contributed by atoms with Gasteiger partial charge in [-0.15, -0.1) is 0 Å². The molecule has 0 fully saturated rings. The molecular formula is C14H25F3O2. The Kier molecular flexibility index (Phi) is 5.49. The van der Waals surface area contributed by atoms with Gasteiger partial charge in [0.2, 0.25) is 0 Å². The molecule has 0 bridgehead atoms. The summed E-state index contributed by atoms with van der Waals surface area (Å²) in [5.74, 6) is -0.873. The zero-order valence-electron chi connectivity index (χ0n) is 12.8. The van der Waals surface area contributed by atoms with Crippen molar-refractivity contribution in [3.63, 3.8) is 0 Å². The number of carbonyl (C=O) groups excluding carboxylic acids is 1. The normalized spacial score (nSPS) is 18.1. The molecule has 0 aromatic rings. The Hall–Kier alpha value is -0.740. The van der Waals surface area contributed by atoms with Gasteiger partial charge in [-0.05, 0) is 31.6 Å². The van der Waals surface area contributed by atoms with Gasteiger partial charge in [0.25, 0.3) is 0 Å². The third-order valence-electron chi connectivity index (χ3n) is 3.38. The van der Waals surface area contributed by atoms with Crippen LogP contribution >= 0.6 is 0 Å². The van der Waals surface area contributed by atoms with Gasteiger partial charge in [-0.25, -0.2) is 0 Å². The van der Waals surface area contributed by atoms with E-state index in [9.17, 15) is 18.0 Å². The van der Waals surface area contributed by atoms with E-state index in [4.69, 9.17) is 0 Å². The summed E-state index contributed by atoms with van der Waals surface area (Å²) in [6.07, 6.45) is -6.12. The van der Waals surface area contributed by atoms with Crippen molar-refractivity contribution in [2.75, 3.05) is 0 Å². The number of alkyl halides is 3. The SMILES string of the molecule is CC(OC(=O)C(C)(CC(C)(C)C)C(C)C)C(F)(F)F. The Morgan fingerprint density at radius 3 is 1.74 bits per heavy atom.